The number of hydrogen-bond donors (Lipinski definition) is 0. The highest BCUT2D eigenvalue weighted by Crippen LogP contribution is 2.51. The molecule has 87 heavy (non-hydrogen) atoms. The van der Waals surface area contributed by atoms with Crippen LogP contribution in [0, 0.1) is 0 Å². The molecule has 0 saturated carbocycles. The van der Waals surface area contributed by atoms with E-state index in [-0.39, 0.29) is 5.41 Å². The molecule has 3 heterocycles. The molecule has 0 bridgehead atoms. The van der Waals surface area contributed by atoms with Crippen molar-refractivity contribution in [1.29, 1.82) is 0 Å². The molecule has 0 spiro atoms. The number of benzene rings is 14. The van der Waals surface area contributed by atoms with Gasteiger partial charge in [0, 0.05) is 70.1 Å². The third-order valence-corrected chi connectivity index (χ3v) is 19.4. The molecule has 0 radical (unpaired) electrons. The minimum atomic E-state index is -0.250. The number of anilines is 3. The van der Waals surface area contributed by atoms with Gasteiger partial charge in [0.15, 0.2) is 0 Å². The maximum absolute atomic E-state index is 6.87. The van der Waals surface area contributed by atoms with E-state index >= 15 is 0 Å². The largest absolute Gasteiger partial charge is 0.457 e. The van der Waals surface area contributed by atoms with Crippen molar-refractivity contribution < 1.29 is 4.74 Å². The van der Waals surface area contributed by atoms with E-state index in [1.165, 1.54) is 96.9 Å². The Morgan fingerprint density at radius 2 is 0.862 bits per heavy atom. The molecule has 0 unspecified atom stereocenters. The molecule has 0 N–H and O–H groups in total. The van der Waals surface area contributed by atoms with Crippen molar-refractivity contribution in [2.75, 3.05) is 4.90 Å². The Balaban J connectivity index is 0.878. The van der Waals surface area contributed by atoms with Crippen LogP contribution in [0.15, 0.2) is 303 Å². The Hall–Kier alpha value is -10.8. The first-order valence-electron chi connectivity index (χ1n) is 30.0. The summed E-state index contributed by atoms with van der Waals surface area (Å²) in [5, 5.41) is 9.90. The lowest BCUT2D eigenvalue weighted by molar-refractivity contribution is 0.418. The van der Waals surface area contributed by atoms with Gasteiger partial charge in [-0.1, -0.05) is 232 Å². The average Bonchev–Trinajstić information content (AvgIpc) is 2.43. The van der Waals surface area contributed by atoms with Crippen LogP contribution in [0.4, 0.5) is 17.1 Å². The van der Waals surface area contributed by atoms with Crippen LogP contribution in [0.1, 0.15) is 25.0 Å². The summed E-state index contributed by atoms with van der Waals surface area (Å²) < 4.78 is 11.9. The number of hydrogen-bond acceptors (Lipinski definition) is 3. The lowest BCUT2D eigenvalue weighted by Gasteiger charge is -2.34. The first-order chi connectivity index (χ1) is 42.9. The quantitative estimate of drug-likeness (QED) is 0.143. The molecular weight excluding hydrogens is 1070 g/mol. The number of ether oxygens (including phenoxy) is 1. The van der Waals surface area contributed by atoms with Crippen molar-refractivity contribution in [1.82, 2.24) is 4.57 Å². The normalized spacial score (nSPS) is 12.7. The summed E-state index contributed by atoms with van der Waals surface area (Å²) in [6.45, 7) is 4.61. The third kappa shape index (κ3) is 8.32. The van der Waals surface area contributed by atoms with Crippen molar-refractivity contribution in [3.63, 3.8) is 0 Å². The standard InChI is InChI=1S/C83H56N2OS/c1-83(2)73-33-10-13-36-78(73)86-79-51-58(41-47-74(79)83)71-52-61(45-46-67(71)66-32-17-22-54-20-4-6-26-63(54)66)84(60-24-15-23-56(49-60)64-30-16-21-53-19-3-5-25-62(53)64)59-43-39-55(40-44-59)72-50-57(65-31-18-38-81-82(65)70-29-9-14-37-80(70)87-81)42-48-77(72)85-75-34-11-7-27-68(75)69-28-8-12-35-76(69)85/h3-52H,1-2H3. The molecule has 410 valence electrons. The average molecular weight is 1130 g/mol. The Bertz CT molecular complexity index is 5370. The van der Waals surface area contributed by atoms with E-state index < -0.39 is 0 Å². The molecule has 2 aromatic heterocycles. The van der Waals surface area contributed by atoms with Crippen LogP contribution < -0.4 is 9.64 Å². The van der Waals surface area contributed by atoms with E-state index in [2.05, 4.69) is 327 Å². The van der Waals surface area contributed by atoms with Crippen molar-refractivity contribution in [2.45, 2.75) is 19.3 Å². The molecule has 3 nitrogen and oxygen atoms in total. The number of fused-ring (bicyclic) bond motifs is 10. The fourth-order valence-corrected chi connectivity index (χ4v) is 15.2. The number of thiophene rings is 1. The number of aromatic nitrogens is 1. The van der Waals surface area contributed by atoms with Crippen molar-refractivity contribution >= 4 is 91.9 Å². The zero-order chi connectivity index (χ0) is 57.7. The molecule has 14 aromatic carbocycles. The first-order valence-corrected chi connectivity index (χ1v) is 30.8. The highest BCUT2D eigenvalue weighted by molar-refractivity contribution is 7.26. The zero-order valence-corrected chi connectivity index (χ0v) is 48.9. The topological polar surface area (TPSA) is 17.4 Å². The second kappa shape index (κ2) is 20.2. The molecule has 17 rings (SSSR count). The molecule has 0 aliphatic carbocycles. The number of nitrogens with zero attached hydrogens (tertiary/aromatic N) is 2. The molecule has 4 heteroatoms. The SMILES string of the molecule is CC1(C)c2ccccc2Oc2cc(-c3cc(N(c4ccc(-c5cc(-c6cccc7sc8ccccc8c67)ccc5-n5c6ccccc6c6ccccc65)cc4)c4cccc(-c5cccc6ccccc56)c4)ccc3-c3cccc4ccccc34)ccc21. The van der Waals surface area contributed by atoms with Crippen LogP contribution in [-0.2, 0) is 5.41 Å². The fourth-order valence-electron chi connectivity index (χ4n) is 14.1. The van der Waals surface area contributed by atoms with Crippen LogP contribution >= 0.6 is 11.3 Å². The van der Waals surface area contributed by atoms with E-state index in [4.69, 9.17) is 4.74 Å². The van der Waals surface area contributed by atoms with Crippen LogP contribution in [0.5, 0.6) is 11.5 Å². The monoisotopic (exact) mass is 1130 g/mol. The van der Waals surface area contributed by atoms with E-state index in [1.54, 1.807) is 0 Å². The maximum Gasteiger partial charge on any atom is 0.132 e. The van der Waals surface area contributed by atoms with Gasteiger partial charge in [0.05, 0.1) is 16.7 Å². The third-order valence-electron chi connectivity index (χ3n) is 18.3. The molecular formula is C83H56N2OS. The minimum absolute atomic E-state index is 0.250. The lowest BCUT2D eigenvalue weighted by Crippen LogP contribution is -2.24. The minimum Gasteiger partial charge on any atom is -0.457 e. The van der Waals surface area contributed by atoms with Gasteiger partial charge in [0.25, 0.3) is 0 Å². The van der Waals surface area contributed by atoms with Crippen molar-refractivity contribution in [3.05, 3.63) is 314 Å². The number of para-hydroxylation sites is 3. The molecule has 1 aliphatic rings. The highest BCUT2D eigenvalue weighted by atomic mass is 32.1. The highest BCUT2D eigenvalue weighted by Gasteiger charge is 2.34. The summed E-state index contributed by atoms with van der Waals surface area (Å²) in [4.78, 5) is 2.44. The van der Waals surface area contributed by atoms with Gasteiger partial charge in [-0.25, -0.2) is 0 Å². The second-order valence-corrected chi connectivity index (χ2v) is 24.6. The summed E-state index contributed by atoms with van der Waals surface area (Å²) in [6.07, 6.45) is 0. The smallest absolute Gasteiger partial charge is 0.132 e. The van der Waals surface area contributed by atoms with E-state index in [0.717, 1.165) is 67.6 Å². The molecule has 1 aliphatic heterocycles. The van der Waals surface area contributed by atoms with E-state index in [0.29, 0.717) is 0 Å². The zero-order valence-electron chi connectivity index (χ0n) is 48.1. The van der Waals surface area contributed by atoms with Gasteiger partial charge in [0.2, 0.25) is 0 Å². The summed E-state index contributed by atoms with van der Waals surface area (Å²) in [6, 6.07) is 112. The fraction of sp³-hybridized carbons (Fsp3) is 0.0361. The van der Waals surface area contributed by atoms with Crippen molar-refractivity contribution in [2.24, 2.45) is 0 Å². The van der Waals surface area contributed by atoms with Crippen LogP contribution in [0.25, 0.3) is 125 Å². The Labute approximate surface area is 509 Å². The number of rotatable bonds is 9. The van der Waals surface area contributed by atoms with Gasteiger partial charge in [-0.3, -0.25) is 0 Å². The van der Waals surface area contributed by atoms with Crippen LogP contribution in [0.2, 0.25) is 0 Å². The summed E-state index contributed by atoms with van der Waals surface area (Å²) in [5.41, 5.74) is 20.2. The van der Waals surface area contributed by atoms with Gasteiger partial charge in [-0.15, -0.1) is 11.3 Å². The van der Waals surface area contributed by atoms with Gasteiger partial charge >= 0.3 is 0 Å². The first kappa shape index (κ1) is 50.7. The van der Waals surface area contributed by atoms with E-state index in [9.17, 15) is 0 Å². The summed E-state index contributed by atoms with van der Waals surface area (Å²) in [7, 11) is 0. The molecule has 0 fully saturated rings. The Morgan fingerprint density at radius 3 is 1.64 bits per heavy atom. The lowest BCUT2D eigenvalue weighted by atomic mass is 9.75. The molecule has 16 aromatic rings. The van der Waals surface area contributed by atoms with Crippen molar-refractivity contribution in [3.8, 4) is 72.8 Å². The van der Waals surface area contributed by atoms with Gasteiger partial charge in [-0.2, -0.15) is 0 Å². The van der Waals surface area contributed by atoms with Gasteiger partial charge in [0.1, 0.15) is 11.5 Å². The van der Waals surface area contributed by atoms with E-state index in [1.807, 2.05) is 11.3 Å². The Kier molecular flexibility index (Phi) is 11.8. The Morgan fingerprint density at radius 1 is 0.322 bits per heavy atom. The van der Waals surface area contributed by atoms with Crippen LogP contribution in [-0.4, -0.2) is 4.57 Å². The predicted molar refractivity (Wildman–Crippen MR) is 369 cm³/mol. The molecule has 0 saturated heterocycles. The second-order valence-electron chi connectivity index (χ2n) is 23.5. The maximum atomic E-state index is 6.87. The molecule has 0 amide bonds. The van der Waals surface area contributed by atoms with Gasteiger partial charge in [-0.05, 0) is 157 Å². The summed E-state index contributed by atoms with van der Waals surface area (Å²) in [5.74, 6) is 1.78. The predicted octanol–water partition coefficient (Wildman–Crippen LogP) is 23.7. The summed E-state index contributed by atoms with van der Waals surface area (Å²) >= 11 is 1.86. The molecule has 0 atom stereocenters. The van der Waals surface area contributed by atoms with Crippen LogP contribution in [0.3, 0.4) is 0 Å². The van der Waals surface area contributed by atoms with Gasteiger partial charge < -0.3 is 14.2 Å².